The van der Waals surface area contributed by atoms with Gasteiger partial charge in [0, 0.05) is 18.2 Å². The zero-order valence-corrected chi connectivity index (χ0v) is 24.2. The maximum atomic E-state index is 12.8. The van der Waals surface area contributed by atoms with Crippen molar-refractivity contribution < 1.29 is 29.4 Å². The quantitative estimate of drug-likeness (QED) is 0.327. The van der Waals surface area contributed by atoms with Crippen molar-refractivity contribution in [1.29, 1.82) is 0 Å². The summed E-state index contributed by atoms with van der Waals surface area (Å²) in [7, 11) is 0. The molecule has 2 N–H and O–H groups in total. The molecule has 9 heteroatoms. The molecule has 9 rings (SSSR count). The molecule has 2 bridgehead atoms. The monoisotopic (exact) mass is 591 g/mol. The van der Waals surface area contributed by atoms with Crippen LogP contribution in [0, 0.1) is 5.92 Å². The average molecular weight is 592 g/mol. The number of carbonyl (C=O) groups is 2. The summed E-state index contributed by atoms with van der Waals surface area (Å²) in [5.41, 5.74) is 2.82. The molecule has 44 heavy (non-hydrogen) atoms. The number of benzene rings is 3. The van der Waals surface area contributed by atoms with Crippen LogP contribution in [0.5, 0.6) is 17.2 Å². The summed E-state index contributed by atoms with van der Waals surface area (Å²) in [5, 5.41) is 28.0. The molecule has 2 saturated carbocycles. The minimum atomic E-state index is -0.985. The number of piperidine rings is 1. The van der Waals surface area contributed by atoms with Crippen LogP contribution in [0.4, 0.5) is 0 Å². The number of hydrogen-bond donors (Lipinski definition) is 2. The average Bonchev–Trinajstić information content (AvgIpc) is 3.73. The lowest BCUT2D eigenvalue weighted by Crippen LogP contribution is -2.76. The highest BCUT2D eigenvalue weighted by atomic mass is 16.6. The van der Waals surface area contributed by atoms with Gasteiger partial charge in [0.25, 0.3) is 11.8 Å². The molecular formula is C35H33N3O6. The molecule has 0 aromatic heterocycles. The van der Waals surface area contributed by atoms with Crippen LogP contribution in [0.15, 0.2) is 65.8 Å². The molecule has 3 aromatic rings. The van der Waals surface area contributed by atoms with Gasteiger partial charge in [-0.3, -0.25) is 19.4 Å². The van der Waals surface area contributed by atoms with E-state index in [1.54, 1.807) is 42.5 Å². The molecule has 3 aliphatic carbocycles. The zero-order chi connectivity index (χ0) is 29.8. The van der Waals surface area contributed by atoms with E-state index in [2.05, 4.69) is 10.1 Å². The van der Waals surface area contributed by atoms with Crippen LogP contribution in [0.2, 0.25) is 0 Å². The van der Waals surface area contributed by atoms with Crippen LogP contribution in [0.3, 0.4) is 0 Å². The molecule has 6 aliphatic rings. The largest absolute Gasteiger partial charge is 0.504 e. The molecule has 3 aliphatic heterocycles. The van der Waals surface area contributed by atoms with Gasteiger partial charge in [0.05, 0.1) is 34.4 Å². The molecule has 3 fully saturated rings. The lowest BCUT2D eigenvalue weighted by molar-refractivity contribution is -0.167. The molecule has 3 aromatic carbocycles. The number of phenolic OH excluding ortho intramolecular Hbond substituents is 1. The summed E-state index contributed by atoms with van der Waals surface area (Å²) in [6.45, 7) is 2.07. The number of phenols is 1. The summed E-state index contributed by atoms with van der Waals surface area (Å²) >= 11 is 0. The summed E-state index contributed by atoms with van der Waals surface area (Å²) in [5.74, 6) is 1.25. The number of aromatic hydroxyl groups is 1. The van der Waals surface area contributed by atoms with E-state index in [1.165, 1.54) is 17.7 Å². The Labute approximate surface area is 254 Å². The molecule has 1 saturated heterocycles. The Morgan fingerprint density at radius 2 is 1.73 bits per heavy atom. The van der Waals surface area contributed by atoms with Crippen molar-refractivity contribution >= 4 is 17.5 Å². The molecule has 2 amide bonds. The van der Waals surface area contributed by atoms with E-state index < -0.39 is 17.1 Å². The molecule has 0 radical (unpaired) electrons. The van der Waals surface area contributed by atoms with Crippen molar-refractivity contribution in [3.8, 4) is 17.2 Å². The molecular weight excluding hydrogens is 558 g/mol. The van der Waals surface area contributed by atoms with Gasteiger partial charge in [0.15, 0.2) is 23.4 Å². The molecule has 1 spiro atoms. The van der Waals surface area contributed by atoms with Gasteiger partial charge in [0.2, 0.25) is 0 Å². The fraction of sp³-hybridized carbons (Fsp3) is 0.400. The first-order chi connectivity index (χ1) is 21.4. The molecule has 224 valence electrons. The maximum Gasteiger partial charge on any atom is 0.261 e. The second-order valence-electron chi connectivity index (χ2n) is 13.3. The molecule has 3 heterocycles. The summed E-state index contributed by atoms with van der Waals surface area (Å²) in [6.07, 6.45) is 4.57. The third-order valence-electron chi connectivity index (χ3n) is 11.0. The Hall–Kier alpha value is -4.21. The topological polar surface area (TPSA) is 112 Å². The van der Waals surface area contributed by atoms with E-state index in [-0.39, 0.29) is 30.2 Å². The Bertz CT molecular complexity index is 1730. The lowest BCUT2D eigenvalue weighted by Gasteiger charge is -2.63. The van der Waals surface area contributed by atoms with Gasteiger partial charge in [-0.25, -0.2) is 0 Å². The number of ether oxygens (including phenoxy) is 1. The smallest absolute Gasteiger partial charge is 0.261 e. The third-order valence-corrected chi connectivity index (χ3v) is 11.0. The second kappa shape index (κ2) is 9.15. The van der Waals surface area contributed by atoms with Gasteiger partial charge >= 0.3 is 0 Å². The number of rotatable bonds is 6. The number of imide groups is 1. The maximum absolute atomic E-state index is 12.8. The first kappa shape index (κ1) is 26.2. The summed E-state index contributed by atoms with van der Waals surface area (Å²) < 4.78 is 6.54. The number of nitrogens with zero attached hydrogens (tertiary/aromatic N) is 3. The van der Waals surface area contributed by atoms with Gasteiger partial charge < -0.3 is 19.8 Å². The van der Waals surface area contributed by atoms with Crippen LogP contribution in [-0.2, 0) is 18.4 Å². The second-order valence-corrected chi connectivity index (χ2v) is 13.3. The first-order valence-electron chi connectivity index (χ1n) is 15.6. The van der Waals surface area contributed by atoms with E-state index >= 15 is 0 Å². The van der Waals surface area contributed by atoms with E-state index in [4.69, 9.17) is 9.57 Å². The van der Waals surface area contributed by atoms with Crippen LogP contribution in [0.1, 0.15) is 69.5 Å². The molecule has 4 atom stereocenters. The first-order valence-corrected chi connectivity index (χ1v) is 15.6. The number of fused-ring (bicyclic) bond motifs is 1. The van der Waals surface area contributed by atoms with Crippen molar-refractivity contribution in [3.05, 3.63) is 88.5 Å². The van der Waals surface area contributed by atoms with Crippen LogP contribution < -0.4 is 9.57 Å². The molecule has 9 nitrogen and oxygen atoms in total. The number of amides is 2. The van der Waals surface area contributed by atoms with Gasteiger partial charge in [0.1, 0.15) is 0 Å². The highest BCUT2D eigenvalue weighted by Crippen LogP contribution is 2.65. The fourth-order valence-corrected chi connectivity index (χ4v) is 8.71. The van der Waals surface area contributed by atoms with Crippen molar-refractivity contribution in [2.75, 3.05) is 13.1 Å². The number of aliphatic hydroxyl groups is 1. The Morgan fingerprint density at radius 1 is 0.977 bits per heavy atom. The highest BCUT2D eigenvalue weighted by molar-refractivity contribution is 6.21. The van der Waals surface area contributed by atoms with Crippen molar-refractivity contribution in [1.82, 2.24) is 9.80 Å². The number of oxime groups is 1. The van der Waals surface area contributed by atoms with Gasteiger partial charge in [-0.15, -0.1) is 0 Å². The predicted octanol–water partition coefficient (Wildman–Crippen LogP) is 4.19. The zero-order valence-electron chi connectivity index (χ0n) is 24.2. The van der Waals surface area contributed by atoms with E-state index in [1.807, 2.05) is 18.2 Å². The fourth-order valence-electron chi connectivity index (χ4n) is 8.71. The van der Waals surface area contributed by atoms with Crippen molar-refractivity contribution in [2.24, 2.45) is 11.1 Å². The Morgan fingerprint density at radius 3 is 2.45 bits per heavy atom. The van der Waals surface area contributed by atoms with Crippen LogP contribution >= 0.6 is 0 Å². The highest BCUT2D eigenvalue weighted by Gasteiger charge is 2.72. The van der Waals surface area contributed by atoms with Crippen LogP contribution in [0.25, 0.3) is 0 Å². The summed E-state index contributed by atoms with van der Waals surface area (Å²) in [4.78, 5) is 35.3. The number of hydrogen-bond acceptors (Lipinski definition) is 8. The van der Waals surface area contributed by atoms with Crippen molar-refractivity contribution in [2.45, 2.75) is 68.2 Å². The minimum Gasteiger partial charge on any atom is -0.504 e. The predicted molar refractivity (Wildman–Crippen MR) is 160 cm³/mol. The third kappa shape index (κ3) is 3.51. The number of likely N-dealkylation sites (tertiary alicyclic amines) is 1. The normalized spacial score (nSPS) is 30.8. The van der Waals surface area contributed by atoms with E-state index in [9.17, 15) is 19.8 Å². The summed E-state index contributed by atoms with van der Waals surface area (Å²) in [6, 6.07) is 17.8. The minimum absolute atomic E-state index is 0.00289. The Balaban J connectivity index is 0.979. The Kier molecular flexibility index (Phi) is 5.45. The van der Waals surface area contributed by atoms with E-state index in [0.29, 0.717) is 35.5 Å². The standard InChI is InChI=1S/C35H33N3O6/c39-27-12-9-22-17-28-35(42)14-13-26(31-34(35,29(22)30(27)43-31)15-16-37(28)18-20-5-6-20)36-44-23-10-7-21(8-11-23)19-38-32(40)24-3-1-2-4-25(24)33(38)41/h1-4,7-12,20,28,31,39,42H,5-6,13-19H2/b36-26+/t28-,31+,34+,35-/m1/s1. The van der Waals surface area contributed by atoms with Crippen molar-refractivity contribution in [3.63, 3.8) is 0 Å². The lowest BCUT2D eigenvalue weighted by atomic mass is 9.49. The van der Waals surface area contributed by atoms with Gasteiger partial charge in [-0.05, 0) is 92.4 Å². The number of carbonyl (C=O) groups excluding carboxylic acids is 2. The van der Waals surface area contributed by atoms with Gasteiger partial charge in [-0.2, -0.15) is 0 Å². The van der Waals surface area contributed by atoms with E-state index in [0.717, 1.165) is 54.3 Å². The van der Waals surface area contributed by atoms with Gasteiger partial charge in [-0.1, -0.05) is 35.5 Å². The SMILES string of the molecule is O=C1c2ccccc2C(=O)N1Cc1ccc(O/N=C2\CC[C@@]3(O)[C@H]4Cc5ccc(O)c6c5[C@@]3(CCN4CC3CC3)[C@H]2O6)cc1. The van der Waals surface area contributed by atoms with Crippen LogP contribution in [-0.4, -0.2) is 68.4 Å². The molecule has 0 unspecified atom stereocenters.